The van der Waals surface area contributed by atoms with E-state index in [1.54, 1.807) is 18.2 Å². The maximum absolute atomic E-state index is 12.0. The first-order valence-electron chi connectivity index (χ1n) is 9.83. The Bertz CT molecular complexity index is 1130. The van der Waals surface area contributed by atoms with Gasteiger partial charge in [-0.2, -0.15) is 0 Å². The molecular weight excluding hydrogens is 478 g/mol. The molecule has 0 aliphatic carbocycles. The monoisotopic (exact) mass is 497 g/mol. The normalized spacial score (nSPS) is 20.1. The van der Waals surface area contributed by atoms with Crippen molar-refractivity contribution in [2.24, 2.45) is 0 Å². The number of hydrogen-bond acceptors (Lipinski definition) is 3. The Hall–Kier alpha value is -2.76. The molecule has 6 heteroatoms. The number of carbonyl (C=O) groups is 1. The van der Waals surface area contributed by atoms with Crippen molar-refractivity contribution in [2.75, 3.05) is 4.90 Å². The Morgan fingerprint density at radius 3 is 2.55 bits per heavy atom. The van der Waals surface area contributed by atoms with Gasteiger partial charge in [-0.25, -0.2) is 4.79 Å². The molecule has 0 aromatic heterocycles. The number of ether oxygens (including phenoxy) is 1. The fourth-order valence-corrected chi connectivity index (χ4v) is 4.66. The van der Waals surface area contributed by atoms with Crippen LogP contribution in [0.2, 0.25) is 5.02 Å². The van der Waals surface area contributed by atoms with Crippen molar-refractivity contribution in [1.82, 2.24) is 0 Å². The average Bonchev–Trinajstić information content (AvgIpc) is 3.07. The van der Waals surface area contributed by atoms with E-state index in [0.29, 0.717) is 12.3 Å². The third kappa shape index (κ3) is 4.34. The summed E-state index contributed by atoms with van der Waals surface area (Å²) < 4.78 is 5.57. The lowest BCUT2D eigenvalue weighted by Crippen LogP contribution is -2.39. The minimum absolute atomic E-state index is 0.0752. The Balaban J connectivity index is 1.74. The number of benzene rings is 3. The number of rotatable bonds is 6. The number of nitrogens with zero attached hydrogens (tertiary/aromatic N) is 1. The van der Waals surface area contributed by atoms with Gasteiger partial charge in [0.1, 0.15) is 22.4 Å². The fraction of sp³-hybridized carbons (Fsp3) is 0.160. The van der Waals surface area contributed by atoms with Crippen molar-refractivity contribution in [3.63, 3.8) is 0 Å². The molecule has 0 amide bonds. The molecule has 4 rings (SSSR count). The predicted octanol–water partition coefficient (Wildman–Crippen LogP) is 6.85. The van der Waals surface area contributed by atoms with Gasteiger partial charge in [0.25, 0.3) is 0 Å². The summed E-state index contributed by atoms with van der Waals surface area (Å²) in [7, 11) is 0. The van der Waals surface area contributed by atoms with E-state index in [2.05, 4.69) is 15.9 Å². The summed E-state index contributed by atoms with van der Waals surface area (Å²) in [5.74, 6) is -0.321. The smallest absolute Gasteiger partial charge is 0.339 e. The molecule has 3 aromatic rings. The predicted molar refractivity (Wildman–Crippen MR) is 127 cm³/mol. The van der Waals surface area contributed by atoms with Gasteiger partial charge in [-0.3, -0.25) is 0 Å². The topological polar surface area (TPSA) is 49.8 Å². The number of anilines is 1. The summed E-state index contributed by atoms with van der Waals surface area (Å²) in [5, 5.41) is 10.0. The molecule has 2 atom stereocenters. The average molecular weight is 499 g/mol. The first-order valence-corrected chi connectivity index (χ1v) is 11.0. The second-order valence-electron chi connectivity index (χ2n) is 7.45. The minimum atomic E-state index is -1.07. The first-order chi connectivity index (χ1) is 14.9. The van der Waals surface area contributed by atoms with Crippen LogP contribution in [-0.2, 0) is 6.61 Å². The van der Waals surface area contributed by atoms with Gasteiger partial charge >= 0.3 is 5.97 Å². The van der Waals surface area contributed by atoms with Crippen molar-refractivity contribution in [3.05, 3.63) is 107 Å². The van der Waals surface area contributed by atoms with Gasteiger partial charge in [-0.15, -0.1) is 0 Å². The van der Waals surface area contributed by atoms with Crippen LogP contribution in [-0.4, -0.2) is 15.5 Å². The van der Waals surface area contributed by atoms with Crippen molar-refractivity contribution in [3.8, 4) is 5.75 Å². The van der Waals surface area contributed by atoms with E-state index >= 15 is 0 Å². The summed E-state index contributed by atoms with van der Waals surface area (Å²) in [6.07, 6.45) is 4.06. The summed E-state index contributed by atoms with van der Waals surface area (Å²) in [4.78, 5) is 14.0. The van der Waals surface area contributed by atoms with Crippen LogP contribution in [0.15, 0.2) is 84.9 Å². The Labute approximate surface area is 194 Å². The van der Waals surface area contributed by atoms with Crippen molar-refractivity contribution < 1.29 is 14.6 Å². The molecule has 3 aromatic carbocycles. The third-order valence-electron chi connectivity index (χ3n) is 5.27. The molecule has 158 valence electrons. The molecule has 4 nitrogen and oxygen atoms in total. The number of carboxylic acid groups (broad SMARTS) is 1. The van der Waals surface area contributed by atoms with E-state index in [1.165, 1.54) is 0 Å². The van der Waals surface area contributed by atoms with Crippen molar-refractivity contribution in [2.45, 2.75) is 24.0 Å². The van der Waals surface area contributed by atoms with Gasteiger partial charge in [-0.1, -0.05) is 94.3 Å². The Morgan fingerprint density at radius 1 is 1.10 bits per heavy atom. The number of aromatic carboxylic acids is 1. The molecule has 0 spiro atoms. The maximum Gasteiger partial charge on any atom is 0.339 e. The quantitative estimate of drug-likeness (QED) is 0.229. The number of carboxylic acids is 1. The third-order valence-corrected chi connectivity index (χ3v) is 6.23. The molecule has 0 radical (unpaired) electrons. The second-order valence-corrected chi connectivity index (χ2v) is 9.46. The first kappa shape index (κ1) is 21.5. The lowest BCUT2D eigenvalue weighted by molar-refractivity contribution is 0.0697. The highest BCUT2D eigenvalue weighted by atomic mass is 79.9. The fourth-order valence-electron chi connectivity index (χ4n) is 3.85. The number of hydrogen-bond donors (Lipinski definition) is 1. The van der Waals surface area contributed by atoms with Crippen molar-refractivity contribution >= 4 is 39.2 Å². The van der Waals surface area contributed by atoms with Crippen LogP contribution >= 0.6 is 27.5 Å². The van der Waals surface area contributed by atoms with Crippen LogP contribution in [0.4, 0.5) is 5.69 Å². The van der Waals surface area contributed by atoms with Crippen LogP contribution < -0.4 is 9.64 Å². The summed E-state index contributed by atoms with van der Waals surface area (Å²) in [6.45, 7) is 2.42. The van der Waals surface area contributed by atoms with E-state index < -0.39 is 10.4 Å². The van der Waals surface area contributed by atoms with Gasteiger partial charge in [0, 0.05) is 5.56 Å². The van der Waals surface area contributed by atoms with Gasteiger partial charge in [0.15, 0.2) is 0 Å². The molecule has 0 saturated carbocycles. The SMILES string of the molecule is CC1(Br)C=CC(c2ccccc2OCc2ccccc2)N1c1cccc(Cl)c1C(=O)O. The molecule has 31 heavy (non-hydrogen) atoms. The van der Waals surface area contributed by atoms with Gasteiger partial charge < -0.3 is 14.7 Å². The van der Waals surface area contributed by atoms with Crippen LogP contribution in [0.1, 0.15) is 34.5 Å². The second kappa shape index (κ2) is 8.77. The molecule has 1 heterocycles. The molecule has 0 bridgehead atoms. The largest absolute Gasteiger partial charge is 0.489 e. The minimum Gasteiger partial charge on any atom is -0.489 e. The molecule has 0 fully saturated rings. The highest BCUT2D eigenvalue weighted by molar-refractivity contribution is 9.10. The molecule has 1 aliphatic heterocycles. The van der Waals surface area contributed by atoms with Crippen molar-refractivity contribution in [1.29, 1.82) is 0 Å². The molecule has 2 unspecified atom stereocenters. The zero-order valence-corrected chi connectivity index (χ0v) is 19.2. The zero-order chi connectivity index (χ0) is 22.0. The number of halogens is 2. The van der Waals surface area contributed by atoms with Gasteiger partial charge in [0.2, 0.25) is 0 Å². The van der Waals surface area contributed by atoms with Crippen LogP contribution in [0.3, 0.4) is 0 Å². The Morgan fingerprint density at radius 2 is 1.81 bits per heavy atom. The summed E-state index contributed by atoms with van der Waals surface area (Å²) in [6, 6.07) is 22.7. The molecular formula is C25H21BrClNO3. The van der Waals surface area contributed by atoms with E-state index in [9.17, 15) is 9.90 Å². The van der Waals surface area contributed by atoms with Gasteiger partial charge in [0.05, 0.1) is 16.8 Å². The summed E-state index contributed by atoms with van der Waals surface area (Å²) >= 11 is 10.0. The lowest BCUT2D eigenvalue weighted by Gasteiger charge is -2.38. The van der Waals surface area contributed by atoms with Crippen LogP contribution in [0.25, 0.3) is 0 Å². The number of para-hydroxylation sites is 1. The van der Waals surface area contributed by atoms with Crippen LogP contribution in [0.5, 0.6) is 5.75 Å². The van der Waals surface area contributed by atoms with E-state index in [-0.39, 0.29) is 16.6 Å². The molecule has 1 aliphatic rings. The molecule has 1 N–H and O–H groups in total. The maximum atomic E-state index is 12.0. The standard InChI is InChI=1S/C25H21BrClNO3/c1-25(26)15-14-20(28(25)21-12-7-11-19(27)23(21)24(29)30)18-10-5-6-13-22(18)31-16-17-8-3-2-4-9-17/h2-15,20H,16H2,1H3,(H,29,30). The number of alkyl halides is 1. The van der Waals surface area contributed by atoms with Crippen LogP contribution in [0, 0.1) is 0 Å². The summed E-state index contributed by atoms with van der Waals surface area (Å²) in [5.41, 5.74) is 2.62. The highest BCUT2D eigenvalue weighted by Crippen LogP contribution is 2.48. The Kier molecular flexibility index (Phi) is 6.08. The zero-order valence-electron chi connectivity index (χ0n) is 16.8. The lowest BCUT2D eigenvalue weighted by atomic mass is 10.0. The van der Waals surface area contributed by atoms with E-state index in [1.807, 2.05) is 78.6 Å². The van der Waals surface area contributed by atoms with E-state index in [0.717, 1.165) is 16.9 Å². The van der Waals surface area contributed by atoms with E-state index in [4.69, 9.17) is 16.3 Å². The highest BCUT2D eigenvalue weighted by Gasteiger charge is 2.40. The van der Waals surface area contributed by atoms with Gasteiger partial charge in [-0.05, 0) is 30.7 Å². The molecule has 0 saturated heterocycles.